The molecular formula is C13H10ClFN2O4. The minimum absolute atomic E-state index is 0.0925. The number of nitrogens with one attached hydrogen (secondary N) is 1. The quantitative estimate of drug-likeness (QED) is 0.877. The average molecular weight is 313 g/mol. The van der Waals surface area contributed by atoms with Crippen LogP contribution in [-0.4, -0.2) is 23.6 Å². The van der Waals surface area contributed by atoms with Crippen molar-refractivity contribution < 1.29 is 23.2 Å². The largest absolute Gasteiger partial charge is 0.450 e. The summed E-state index contributed by atoms with van der Waals surface area (Å²) in [6, 6.07) is 5.08. The smallest absolute Gasteiger partial charge is 0.377 e. The summed E-state index contributed by atoms with van der Waals surface area (Å²) >= 11 is 5.58. The van der Waals surface area contributed by atoms with Gasteiger partial charge in [0.25, 0.3) is 5.91 Å². The van der Waals surface area contributed by atoms with Crippen LogP contribution in [0.1, 0.15) is 16.2 Å². The monoisotopic (exact) mass is 312 g/mol. The van der Waals surface area contributed by atoms with E-state index >= 15 is 0 Å². The Balaban J connectivity index is 1.87. The van der Waals surface area contributed by atoms with Crippen molar-refractivity contribution in [3.63, 3.8) is 0 Å². The van der Waals surface area contributed by atoms with Crippen molar-refractivity contribution in [2.24, 2.45) is 0 Å². The van der Waals surface area contributed by atoms with E-state index in [1.807, 2.05) is 0 Å². The molecule has 0 aliphatic rings. The molecule has 2 rings (SSSR count). The number of amides is 1. The number of anilines is 1. The second-order valence-electron chi connectivity index (χ2n) is 4.09. The zero-order valence-corrected chi connectivity index (χ0v) is 11.6. The van der Waals surface area contributed by atoms with Crippen molar-refractivity contribution in [1.29, 1.82) is 0 Å². The predicted molar refractivity (Wildman–Crippen MR) is 71.6 cm³/mol. The number of ether oxygens (including phenoxy) is 1. The van der Waals surface area contributed by atoms with E-state index in [2.05, 4.69) is 10.5 Å². The van der Waals surface area contributed by atoms with E-state index in [-0.39, 0.29) is 16.5 Å². The van der Waals surface area contributed by atoms with Crippen LogP contribution in [0.4, 0.5) is 10.1 Å². The summed E-state index contributed by atoms with van der Waals surface area (Å²) in [6.07, 6.45) is 0. The Bertz CT molecular complexity index is 687. The second kappa shape index (κ2) is 6.36. The lowest BCUT2D eigenvalue weighted by Crippen LogP contribution is -2.20. The van der Waals surface area contributed by atoms with Crippen LogP contribution in [0.25, 0.3) is 0 Å². The third kappa shape index (κ3) is 4.03. The first-order chi connectivity index (χ1) is 9.95. The number of carbonyl (C=O) groups excluding carboxylic acids is 2. The molecule has 0 spiro atoms. The molecule has 0 saturated heterocycles. The van der Waals surface area contributed by atoms with E-state index < -0.39 is 24.3 Å². The summed E-state index contributed by atoms with van der Waals surface area (Å²) in [5, 5.41) is 5.81. The van der Waals surface area contributed by atoms with Crippen molar-refractivity contribution >= 4 is 29.2 Å². The van der Waals surface area contributed by atoms with Gasteiger partial charge in [0, 0.05) is 11.8 Å². The highest BCUT2D eigenvalue weighted by Gasteiger charge is 2.15. The molecule has 8 heteroatoms. The van der Waals surface area contributed by atoms with Gasteiger partial charge < -0.3 is 14.6 Å². The normalized spacial score (nSPS) is 10.2. The van der Waals surface area contributed by atoms with E-state index in [1.165, 1.54) is 18.2 Å². The first-order valence-corrected chi connectivity index (χ1v) is 6.19. The Kier molecular flexibility index (Phi) is 4.54. The van der Waals surface area contributed by atoms with Gasteiger partial charge in [0.15, 0.2) is 6.61 Å². The van der Waals surface area contributed by atoms with Crippen molar-refractivity contribution in [3.8, 4) is 0 Å². The number of carbonyl (C=O) groups is 2. The molecule has 1 N–H and O–H groups in total. The average Bonchev–Trinajstić information content (AvgIpc) is 2.87. The van der Waals surface area contributed by atoms with E-state index in [0.717, 1.165) is 6.07 Å². The van der Waals surface area contributed by atoms with Gasteiger partial charge in [-0.3, -0.25) is 4.79 Å². The van der Waals surface area contributed by atoms with Crippen LogP contribution in [0, 0.1) is 12.7 Å². The molecule has 1 amide bonds. The van der Waals surface area contributed by atoms with Gasteiger partial charge >= 0.3 is 5.97 Å². The number of hydrogen-bond acceptors (Lipinski definition) is 5. The Morgan fingerprint density at radius 3 is 2.81 bits per heavy atom. The molecule has 6 nitrogen and oxygen atoms in total. The molecular weight excluding hydrogens is 303 g/mol. The van der Waals surface area contributed by atoms with Gasteiger partial charge in [0.2, 0.25) is 5.76 Å². The van der Waals surface area contributed by atoms with Crippen LogP contribution in [-0.2, 0) is 9.53 Å². The van der Waals surface area contributed by atoms with Crippen LogP contribution in [0.15, 0.2) is 28.8 Å². The Hall–Kier alpha value is -2.41. The minimum atomic E-state index is -0.803. The molecule has 0 atom stereocenters. The minimum Gasteiger partial charge on any atom is -0.450 e. The summed E-state index contributed by atoms with van der Waals surface area (Å²) in [4.78, 5) is 23.1. The van der Waals surface area contributed by atoms with Gasteiger partial charge in [-0.1, -0.05) is 16.8 Å². The third-order valence-electron chi connectivity index (χ3n) is 2.37. The molecule has 0 aliphatic carbocycles. The van der Waals surface area contributed by atoms with E-state index in [4.69, 9.17) is 20.9 Å². The number of aryl methyl sites for hydroxylation is 1. The number of aromatic nitrogens is 1. The van der Waals surface area contributed by atoms with Crippen molar-refractivity contribution in [2.75, 3.05) is 11.9 Å². The zero-order chi connectivity index (χ0) is 15.4. The number of halogens is 2. The Morgan fingerprint density at radius 2 is 2.19 bits per heavy atom. The Morgan fingerprint density at radius 1 is 1.43 bits per heavy atom. The van der Waals surface area contributed by atoms with E-state index in [1.54, 1.807) is 6.92 Å². The molecule has 110 valence electrons. The SMILES string of the molecule is Cc1cc(C(=O)OCC(=O)Nc2ccc(F)c(Cl)c2)on1. The number of benzene rings is 1. The number of hydrogen-bond donors (Lipinski definition) is 1. The van der Waals surface area contributed by atoms with Gasteiger partial charge in [-0.05, 0) is 25.1 Å². The molecule has 0 bridgehead atoms. The van der Waals surface area contributed by atoms with Gasteiger partial charge in [0.1, 0.15) is 5.82 Å². The first-order valence-electron chi connectivity index (χ1n) is 5.81. The van der Waals surface area contributed by atoms with Gasteiger partial charge in [-0.15, -0.1) is 0 Å². The van der Waals surface area contributed by atoms with Gasteiger partial charge in [0.05, 0.1) is 10.7 Å². The lowest BCUT2D eigenvalue weighted by Gasteiger charge is -2.06. The van der Waals surface area contributed by atoms with Gasteiger partial charge in [-0.2, -0.15) is 0 Å². The van der Waals surface area contributed by atoms with Crippen LogP contribution in [0.3, 0.4) is 0 Å². The summed E-state index contributed by atoms with van der Waals surface area (Å²) in [6.45, 7) is 1.12. The third-order valence-corrected chi connectivity index (χ3v) is 2.66. The molecule has 1 aromatic heterocycles. The lowest BCUT2D eigenvalue weighted by molar-refractivity contribution is -0.119. The number of nitrogens with zero attached hydrogens (tertiary/aromatic N) is 1. The maximum atomic E-state index is 12.9. The molecule has 0 unspecified atom stereocenters. The maximum absolute atomic E-state index is 12.9. The van der Waals surface area contributed by atoms with Crippen LogP contribution < -0.4 is 5.32 Å². The molecule has 1 heterocycles. The summed E-state index contributed by atoms with van der Waals surface area (Å²) in [7, 11) is 0. The maximum Gasteiger partial charge on any atom is 0.377 e. The highest BCUT2D eigenvalue weighted by Crippen LogP contribution is 2.19. The highest BCUT2D eigenvalue weighted by molar-refractivity contribution is 6.31. The summed E-state index contributed by atoms with van der Waals surface area (Å²) < 4.78 is 22.4. The van der Waals surface area contributed by atoms with E-state index in [0.29, 0.717) is 5.69 Å². The first kappa shape index (κ1) is 15.0. The fraction of sp³-hybridized carbons (Fsp3) is 0.154. The molecule has 0 saturated carbocycles. The topological polar surface area (TPSA) is 81.4 Å². The van der Waals surface area contributed by atoms with Crippen molar-refractivity contribution in [2.45, 2.75) is 6.92 Å². The molecule has 0 fully saturated rings. The Labute approximate surface area is 123 Å². The van der Waals surface area contributed by atoms with Crippen LogP contribution in [0.2, 0.25) is 5.02 Å². The van der Waals surface area contributed by atoms with Crippen LogP contribution >= 0.6 is 11.6 Å². The standard InChI is InChI=1S/C13H10ClFN2O4/c1-7-4-11(21-17-7)13(19)20-6-12(18)16-8-2-3-10(15)9(14)5-8/h2-5H,6H2,1H3,(H,16,18). The van der Waals surface area contributed by atoms with Crippen LogP contribution in [0.5, 0.6) is 0 Å². The fourth-order valence-corrected chi connectivity index (χ4v) is 1.61. The molecule has 2 aromatic rings. The van der Waals surface area contributed by atoms with Crippen molar-refractivity contribution in [3.05, 3.63) is 46.6 Å². The molecule has 1 aromatic carbocycles. The fourth-order valence-electron chi connectivity index (χ4n) is 1.43. The molecule has 21 heavy (non-hydrogen) atoms. The molecule has 0 aliphatic heterocycles. The second-order valence-corrected chi connectivity index (χ2v) is 4.49. The lowest BCUT2D eigenvalue weighted by atomic mass is 10.3. The van der Waals surface area contributed by atoms with Crippen molar-refractivity contribution in [1.82, 2.24) is 5.16 Å². The van der Waals surface area contributed by atoms with Gasteiger partial charge in [-0.25, -0.2) is 9.18 Å². The predicted octanol–water partition coefficient (Wildman–Crippen LogP) is 2.57. The summed E-state index contributed by atoms with van der Waals surface area (Å²) in [5.74, 6) is -2.09. The number of esters is 1. The summed E-state index contributed by atoms with van der Waals surface area (Å²) in [5.41, 5.74) is 0.810. The highest BCUT2D eigenvalue weighted by atomic mass is 35.5. The molecule has 0 radical (unpaired) electrons. The van der Waals surface area contributed by atoms with E-state index in [9.17, 15) is 14.0 Å². The zero-order valence-electron chi connectivity index (χ0n) is 10.9. The number of rotatable bonds is 4.